The van der Waals surface area contributed by atoms with Gasteiger partial charge < -0.3 is 5.73 Å². The van der Waals surface area contributed by atoms with E-state index in [-0.39, 0.29) is 4.90 Å². The Morgan fingerprint density at radius 3 is 2.32 bits per heavy atom. The van der Waals surface area contributed by atoms with E-state index in [1.807, 2.05) is 0 Å². The Morgan fingerprint density at radius 1 is 1.21 bits per heavy atom. The van der Waals surface area contributed by atoms with Crippen LogP contribution in [0.3, 0.4) is 0 Å². The largest absolute Gasteiger partial charge is 0.399 e. The number of benzene rings is 1. The smallest absolute Gasteiger partial charge is 0.238 e. The maximum Gasteiger partial charge on any atom is 0.238 e. The molecule has 1 aromatic carbocycles. The number of nitrogen functional groups attached to an aromatic ring is 1. The van der Waals surface area contributed by atoms with Gasteiger partial charge in [-0.2, -0.15) is 5.10 Å². The lowest BCUT2D eigenvalue weighted by Gasteiger charge is -2.12. The lowest BCUT2D eigenvalue weighted by Crippen LogP contribution is -2.16. The fourth-order valence-electron chi connectivity index (χ4n) is 1.96. The van der Waals surface area contributed by atoms with Crippen LogP contribution < -0.4 is 10.9 Å². The average molecular weight is 281 g/mol. The number of nitrogens with zero attached hydrogens (tertiary/aromatic N) is 3. The molecule has 0 bridgehead atoms. The molecule has 0 aliphatic heterocycles. The van der Waals surface area contributed by atoms with Crippen molar-refractivity contribution in [3.05, 3.63) is 29.3 Å². The molecule has 102 valence electrons. The Labute approximate surface area is 111 Å². The summed E-state index contributed by atoms with van der Waals surface area (Å²) in [7, 11) is -3.83. The first-order valence-corrected chi connectivity index (χ1v) is 7.08. The van der Waals surface area contributed by atoms with Crippen molar-refractivity contribution in [1.29, 1.82) is 0 Å². The second-order valence-corrected chi connectivity index (χ2v) is 5.86. The molecule has 0 amide bonds. The van der Waals surface area contributed by atoms with Gasteiger partial charge in [0.25, 0.3) is 0 Å². The van der Waals surface area contributed by atoms with E-state index in [9.17, 15) is 8.42 Å². The molecule has 2 aromatic rings. The van der Waals surface area contributed by atoms with Crippen LogP contribution in [0.2, 0.25) is 0 Å². The second kappa shape index (κ2) is 4.32. The van der Waals surface area contributed by atoms with Gasteiger partial charge in [0.1, 0.15) is 11.6 Å². The van der Waals surface area contributed by atoms with Crippen LogP contribution in [0.15, 0.2) is 17.0 Å². The number of rotatable bonds is 2. The van der Waals surface area contributed by atoms with Crippen molar-refractivity contribution in [1.82, 2.24) is 14.8 Å². The third kappa shape index (κ3) is 2.45. The number of nitrogens with two attached hydrogens (primary N) is 2. The Morgan fingerprint density at radius 2 is 1.84 bits per heavy atom. The summed E-state index contributed by atoms with van der Waals surface area (Å²) in [5.41, 5.74) is 7.09. The average Bonchev–Trinajstić information content (AvgIpc) is 2.59. The Hall–Kier alpha value is -1.93. The van der Waals surface area contributed by atoms with Crippen LogP contribution in [0, 0.1) is 20.8 Å². The minimum absolute atomic E-state index is 0.00458. The molecule has 0 unspecified atom stereocenters. The van der Waals surface area contributed by atoms with Crippen molar-refractivity contribution in [2.45, 2.75) is 25.7 Å². The van der Waals surface area contributed by atoms with Crippen molar-refractivity contribution in [2.24, 2.45) is 5.14 Å². The first kappa shape index (κ1) is 13.5. The summed E-state index contributed by atoms with van der Waals surface area (Å²) in [6.07, 6.45) is 0. The number of primary sulfonamides is 1. The maximum absolute atomic E-state index is 11.6. The number of sulfonamides is 1. The normalized spacial score (nSPS) is 11.8. The molecular weight excluding hydrogens is 266 g/mol. The summed E-state index contributed by atoms with van der Waals surface area (Å²) in [5.74, 6) is 1.24. The Bertz CT molecular complexity index is 749. The summed E-state index contributed by atoms with van der Waals surface area (Å²) < 4.78 is 24.7. The highest BCUT2D eigenvalue weighted by Gasteiger charge is 2.18. The summed E-state index contributed by atoms with van der Waals surface area (Å²) in [4.78, 5) is 4.18. The van der Waals surface area contributed by atoms with Gasteiger partial charge >= 0.3 is 0 Å². The van der Waals surface area contributed by atoms with Gasteiger partial charge in [0, 0.05) is 5.69 Å². The number of aromatic nitrogens is 3. The van der Waals surface area contributed by atoms with Gasteiger partial charge in [-0.1, -0.05) is 0 Å². The van der Waals surface area contributed by atoms with Crippen LogP contribution in [-0.2, 0) is 10.0 Å². The van der Waals surface area contributed by atoms with Crippen molar-refractivity contribution in [2.75, 3.05) is 5.73 Å². The van der Waals surface area contributed by atoms with Gasteiger partial charge in [-0.25, -0.2) is 23.2 Å². The summed E-state index contributed by atoms with van der Waals surface area (Å²) in [6.45, 7) is 5.19. The molecule has 0 spiro atoms. The molecule has 7 nitrogen and oxygen atoms in total. The molecule has 0 aliphatic rings. The standard InChI is InChI=1S/C11H15N5O2S/c1-6-10(16-8(3)14-7(2)15-16)4-9(12)5-11(6)19(13,17)18/h4-5H,12H2,1-3H3,(H2,13,17,18). The predicted molar refractivity (Wildman–Crippen MR) is 71.4 cm³/mol. The SMILES string of the molecule is Cc1nc(C)n(-c2cc(N)cc(S(N)(=O)=O)c2C)n1. The zero-order valence-electron chi connectivity index (χ0n) is 10.9. The van der Waals surface area contributed by atoms with E-state index < -0.39 is 10.0 Å². The van der Waals surface area contributed by atoms with Gasteiger partial charge in [0.05, 0.1) is 10.6 Å². The number of aryl methyl sites for hydroxylation is 2. The van der Waals surface area contributed by atoms with Crippen LogP contribution >= 0.6 is 0 Å². The molecule has 1 aromatic heterocycles. The van der Waals surface area contributed by atoms with Crippen LogP contribution in [0.4, 0.5) is 5.69 Å². The molecule has 8 heteroatoms. The highest BCUT2D eigenvalue weighted by atomic mass is 32.2. The minimum Gasteiger partial charge on any atom is -0.399 e. The highest BCUT2D eigenvalue weighted by molar-refractivity contribution is 7.89. The van der Waals surface area contributed by atoms with Crippen LogP contribution in [0.25, 0.3) is 5.69 Å². The first-order valence-electron chi connectivity index (χ1n) is 5.53. The van der Waals surface area contributed by atoms with Gasteiger partial charge in [-0.15, -0.1) is 0 Å². The summed E-state index contributed by atoms with van der Waals surface area (Å²) >= 11 is 0. The number of hydrogen-bond donors (Lipinski definition) is 2. The summed E-state index contributed by atoms with van der Waals surface area (Å²) in [5, 5.41) is 9.41. The molecule has 0 radical (unpaired) electrons. The van der Waals surface area contributed by atoms with Gasteiger partial charge in [0.15, 0.2) is 0 Å². The highest BCUT2D eigenvalue weighted by Crippen LogP contribution is 2.25. The quantitative estimate of drug-likeness (QED) is 0.774. The topological polar surface area (TPSA) is 117 Å². The van der Waals surface area contributed by atoms with E-state index in [1.165, 1.54) is 6.07 Å². The van der Waals surface area contributed by atoms with Crippen LogP contribution in [0.1, 0.15) is 17.2 Å². The molecular formula is C11H15N5O2S. The van der Waals surface area contributed by atoms with Crippen molar-refractivity contribution in [3.8, 4) is 5.69 Å². The second-order valence-electron chi connectivity index (χ2n) is 4.33. The zero-order valence-corrected chi connectivity index (χ0v) is 11.7. The monoisotopic (exact) mass is 281 g/mol. The van der Waals surface area contributed by atoms with Crippen LogP contribution in [0.5, 0.6) is 0 Å². The molecule has 0 atom stereocenters. The molecule has 0 aliphatic carbocycles. The van der Waals surface area contributed by atoms with Crippen molar-refractivity contribution in [3.63, 3.8) is 0 Å². The fraction of sp³-hybridized carbons (Fsp3) is 0.273. The van der Waals surface area contributed by atoms with E-state index >= 15 is 0 Å². The zero-order chi connectivity index (χ0) is 14.4. The first-order chi connectivity index (χ1) is 8.70. The molecule has 0 saturated heterocycles. The number of hydrogen-bond acceptors (Lipinski definition) is 5. The minimum atomic E-state index is -3.83. The molecule has 0 fully saturated rings. The van der Waals surface area contributed by atoms with E-state index in [4.69, 9.17) is 10.9 Å². The maximum atomic E-state index is 11.6. The van der Waals surface area contributed by atoms with E-state index in [0.29, 0.717) is 28.6 Å². The lowest BCUT2D eigenvalue weighted by atomic mass is 10.2. The van der Waals surface area contributed by atoms with Gasteiger partial charge in [-0.05, 0) is 38.5 Å². The Balaban J connectivity index is 2.79. The predicted octanol–water partition coefficient (Wildman–Crippen LogP) is 0.422. The number of anilines is 1. The van der Waals surface area contributed by atoms with Crippen molar-refractivity contribution >= 4 is 15.7 Å². The van der Waals surface area contributed by atoms with E-state index in [1.54, 1.807) is 31.5 Å². The molecule has 1 heterocycles. The van der Waals surface area contributed by atoms with E-state index in [2.05, 4.69) is 10.1 Å². The third-order valence-electron chi connectivity index (χ3n) is 2.76. The molecule has 4 N–H and O–H groups in total. The lowest BCUT2D eigenvalue weighted by molar-refractivity contribution is 0.597. The molecule has 0 saturated carbocycles. The van der Waals surface area contributed by atoms with Gasteiger partial charge in [0.2, 0.25) is 10.0 Å². The van der Waals surface area contributed by atoms with Crippen LogP contribution in [-0.4, -0.2) is 23.2 Å². The third-order valence-corrected chi connectivity index (χ3v) is 3.80. The van der Waals surface area contributed by atoms with Gasteiger partial charge in [-0.3, -0.25) is 0 Å². The summed E-state index contributed by atoms with van der Waals surface area (Å²) in [6, 6.07) is 2.98. The molecule has 2 rings (SSSR count). The fourth-order valence-corrected chi connectivity index (χ4v) is 2.79. The van der Waals surface area contributed by atoms with E-state index in [0.717, 1.165) is 0 Å². The van der Waals surface area contributed by atoms with Crippen molar-refractivity contribution < 1.29 is 8.42 Å². The Kier molecular flexibility index (Phi) is 3.07. The molecule has 19 heavy (non-hydrogen) atoms.